The average Bonchev–Trinajstić information content (AvgIpc) is 3.08. The Balaban J connectivity index is 2.03. The van der Waals surface area contributed by atoms with Crippen molar-refractivity contribution >= 4 is 5.97 Å². The third-order valence-corrected chi connectivity index (χ3v) is 4.68. The number of carboxylic acids is 1. The fourth-order valence-corrected chi connectivity index (χ4v) is 3.36. The zero-order valence-corrected chi connectivity index (χ0v) is 15.5. The van der Waals surface area contributed by atoms with Gasteiger partial charge in [0.2, 0.25) is 0 Å². The van der Waals surface area contributed by atoms with Crippen molar-refractivity contribution in [3.8, 4) is 28.2 Å². The van der Waals surface area contributed by atoms with E-state index in [1.165, 1.54) is 0 Å². The van der Waals surface area contributed by atoms with Crippen molar-refractivity contribution in [3.05, 3.63) is 96.1 Å². The van der Waals surface area contributed by atoms with Crippen LogP contribution in [-0.2, 0) is 11.2 Å². The van der Waals surface area contributed by atoms with Gasteiger partial charge in [-0.2, -0.15) is 5.10 Å². The zero-order valence-electron chi connectivity index (χ0n) is 15.5. The molecule has 1 N–H and O–H groups in total. The highest BCUT2D eigenvalue weighted by Gasteiger charge is 2.23. The van der Waals surface area contributed by atoms with Crippen LogP contribution in [0.3, 0.4) is 0 Å². The number of hydrogen-bond acceptors (Lipinski definition) is 2. The fraction of sp³-hybridized carbons (Fsp3) is 0.0833. The molecule has 4 nitrogen and oxygen atoms in total. The molecule has 0 saturated carbocycles. The Hall–Kier alpha value is -3.66. The van der Waals surface area contributed by atoms with E-state index in [0.29, 0.717) is 11.3 Å². The Labute approximate surface area is 163 Å². The molecule has 0 unspecified atom stereocenters. The number of nitrogens with zero attached hydrogens (tertiary/aromatic N) is 2. The van der Waals surface area contributed by atoms with E-state index in [1.807, 2.05) is 96.5 Å². The van der Waals surface area contributed by atoms with Crippen molar-refractivity contribution in [1.82, 2.24) is 9.78 Å². The molecule has 0 bridgehead atoms. The van der Waals surface area contributed by atoms with E-state index < -0.39 is 5.97 Å². The number of carboxylic acid groups (broad SMARTS) is 1. The van der Waals surface area contributed by atoms with E-state index in [0.717, 1.165) is 28.1 Å². The lowest BCUT2D eigenvalue weighted by Crippen LogP contribution is -2.04. The van der Waals surface area contributed by atoms with Gasteiger partial charge in [0.05, 0.1) is 23.5 Å². The SMILES string of the molecule is Cc1ccc(-n2nc(-c3ccccc3)c(CC(=O)O)c2-c2ccccc2)cc1. The Kier molecular flexibility index (Phi) is 4.77. The van der Waals surface area contributed by atoms with Gasteiger partial charge in [0.15, 0.2) is 0 Å². The first-order chi connectivity index (χ1) is 13.6. The van der Waals surface area contributed by atoms with Gasteiger partial charge in [0, 0.05) is 16.7 Å². The molecule has 0 amide bonds. The molecule has 4 heteroatoms. The molecule has 0 fully saturated rings. The lowest BCUT2D eigenvalue weighted by Gasteiger charge is -2.10. The van der Waals surface area contributed by atoms with E-state index >= 15 is 0 Å². The van der Waals surface area contributed by atoms with Gasteiger partial charge in [0.25, 0.3) is 0 Å². The van der Waals surface area contributed by atoms with Gasteiger partial charge < -0.3 is 5.11 Å². The molecule has 0 aliphatic carbocycles. The number of aliphatic carboxylic acids is 1. The van der Waals surface area contributed by atoms with Gasteiger partial charge in [-0.25, -0.2) is 4.68 Å². The Bertz CT molecular complexity index is 1100. The third kappa shape index (κ3) is 3.45. The Morgan fingerprint density at radius 1 is 0.857 bits per heavy atom. The van der Waals surface area contributed by atoms with Crippen molar-refractivity contribution in [2.45, 2.75) is 13.3 Å². The van der Waals surface area contributed by atoms with Crippen molar-refractivity contribution in [2.24, 2.45) is 0 Å². The van der Waals surface area contributed by atoms with Gasteiger partial charge >= 0.3 is 5.97 Å². The lowest BCUT2D eigenvalue weighted by atomic mass is 9.99. The first-order valence-corrected chi connectivity index (χ1v) is 9.15. The smallest absolute Gasteiger partial charge is 0.307 e. The van der Waals surface area contributed by atoms with E-state index in [2.05, 4.69) is 0 Å². The van der Waals surface area contributed by atoms with Gasteiger partial charge in [-0.3, -0.25) is 4.79 Å². The minimum Gasteiger partial charge on any atom is -0.481 e. The molecule has 138 valence electrons. The minimum atomic E-state index is -0.877. The van der Waals surface area contributed by atoms with Crippen molar-refractivity contribution in [3.63, 3.8) is 0 Å². The van der Waals surface area contributed by atoms with Crippen molar-refractivity contribution in [2.75, 3.05) is 0 Å². The topological polar surface area (TPSA) is 55.1 Å². The summed E-state index contributed by atoms with van der Waals surface area (Å²) in [5.74, 6) is -0.877. The van der Waals surface area contributed by atoms with Gasteiger partial charge in [-0.15, -0.1) is 0 Å². The summed E-state index contributed by atoms with van der Waals surface area (Å²) in [5.41, 5.74) is 6.12. The molecular weight excluding hydrogens is 348 g/mol. The van der Waals surface area contributed by atoms with Crippen LogP contribution in [0, 0.1) is 6.92 Å². The highest BCUT2D eigenvalue weighted by Crippen LogP contribution is 2.34. The monoisotopic (exact) mass is 368 g/mol. The van der Waals surface area contributed by atoms with Crippen LogP contribution in [0.15, 0.2) is 84.9 Å². The molecule has 0 aliphatic heterocycles. The second-order valence-electron chi connectivity index (χ2n) is 6.73. The molecule has 28 heavy (non-hydrogen) atoms. The number of rotatable bonds is 5. The number of aromatic nitrogens is 2. The number of benzene rings is 3. The maximum atomic E-state index is 11.7. The van der Waals surface area contributed by atoms with E-state index in [1.54, 1.807) is 0 Å². The van der Waals surface area contributed by atoms with E-state index in [4.69, 9.17) is 5.10 Å². The minimum absolute atomic E-state index is 0.0969. The maximum absolute atomic E-state index is 11.7. The number of hydrogen-bond donors (Lipinski definition) is 1. The summed E-state index contributed by atoms with van der Waals surface area (Å²) in [7, 11) is 0. The van der Waals surface area contributed by atoms with Crippen LogP contribution in [0.4, 0.5) is 0 Å². The van der Waals surface area contributed by atoms with E-state index in [-0.39, 0.29) is 6.42 Å². The predicted octanol–water partition coefficient (Wildman–Crippen LogP) is 5.14. The van der Waals surface area contributed by atoms with Crippen molar-refractivity contribution in [1.29, 1.82) is 0 Å². The molecule has 4 rings (SSSR count). The molecule has 0 saturated heterocycles. The second kappa shape index (κ2) is 7.53. The summed E-state index contributed by atoms with van der Waals surface area (Å²) in [6.07, 6.45) is -0.0969. The van der Waals surface area contributed by atoms with Crippen molar-refractivity contribution < 1.29 is 9.90 Å². The molecular formula is C24H20N2O2. The predicted molar refractivity (Wildman–Crippen MR) is 111 cm³/mol. The first kappa shape index (κ1) is 17.7. The van der Waals surface area contributed by atoms with Gasteiger partial charge in [-0.05, 0) is 19.1 Å². The van der Waals surface area contributed by atoms with Crippen LogP contribution in [-0.4, -0.2) is 20.9 Å². The van der Waals surface area contributed by atoms with Crippen LogP contribution < -0.4 is 0 Å². The standard InChI is InChI=1S/C24H20N2O2/c1-17-12-14-20(15-13-17)26-24(19-10-6-3-7-11-19)21(16-22(27)28)23(25-26)18-8-4-2-5-9-18/h2-15H,16H2,1H3,(H,27,28). The molecule has 3 aromatic carbocycles. The van der Waals surface area contributed by atoms with Gasteiger partial charge in [-0.1, -0.05) is 78.4 Å². The van der Waals surface area contributed by atoms with Gasteiger partial charge in [0.1, 0.15) is 0 Å². The molecule has 0 atom stereocenters. The molecule has 4 aromatic rings. The molecule has 1 heterocycles. The van der Waals surface area contributed by atoms with Crippen LogP contribution in [0.25, 0.3) is 28.2 Å². The maximum Gasteiger partial charge on any atom is 0.307 e. The van der Waals surface area contributed by atoms with Crippen LogP contribution in [0.1, 0.15) is 11.1 Å². The number of carbonyl (C=O) groups is 1. The highest BCUT2D eigenvalue weighted by atomic mass is 16.4. The Morgan fingerprint density at radius 2 is 1.43 bits per heavy atom. The quantitative estimate of drug-likeness (QED) is 0.530. The summed E-state index contributed by atoms with van der Waals surface area (Å²) >= 11 is 0. The zero-order chi connectivity index (χ0) is 19.5. The van der Waals surface area contributed by atoms with Crippen LogP contribution in [0.5, 0.6) is 0 Å². The number of aryl methyl sites for hydroxylation is 1. The summed E-state index contributed by atoms with van der Waals surface area (Å²) in [6, 6.07) is 27.6. The first-order valence-electron chi connectivity index (χ1n) is 9.15. The second-order valence-corrected chi connectivity index (χ2v) is 6.73. The summed E-state index contributed by atoms with van der Waals surface area (Å²) in [4.78, 5) is 11.7. The highest BCUT2D eigenvalue weighted by molar-refractivity contribution is 5.82. The van der Waals surface area contributed by atoms with Crippen LogP contribution in [0.2, 0.25) is 0 Å². The summed E-state index contributed by atoms with van der Waals surface area (Å²) < 4.78 is 1.86. The fourth-order valence-electron chi connectivity index (χ4n) is 3.36. The Morgan fingerprint density at radius 3 is 2.00 bits per heavy atom. The lowest BCUT2D eigenvalue weighted by molar-refractivity contribution is -0.136. The molecule has 0 spiro atoms. The largest absolute Gasteiger partial charge is 0.481 e. The molecule has 0 radical (unpaired) electrons. The van der Waals surface area contributed by atoms with E-state index in [9.17, 15) is 9.90 Å². The normalized spacial score (nSPS) is 10.8. The third-order valence-electron chi connectivity index (χ3n) is 4.68. The average molecular weight is 368 g/mol. The summed E-state index contributed by atoms with van der Waals surface area (Å²) in [5, 5.41) is 14.5. The molecule has 1 aromatic heterocycles. The van der Waals surface area contributed by atoms with Crippen LogP contribution >= 0.6 is 0 Å². The molecule has 0 aliphatic rings. The summed E-state index contributed by atoms with van der Waals surface area (Å²) in [6.45, 7) is 2.04.